The lowest BCUT2D eigenvalue weighted by Gasteiger charge is -2.39. The Kier molecular flexibility index (Phi) is 5.51. The second kappa shape index (κ2) is 7.17. The lowest BCUT2D eigenvalue weighted by Crippen LogP contribution is -2.60. The molecule has 118 valence electrons. The summed E-state index contributed by atoms with van der Waals surface area (Å²) in [5.41, 5.74) is 6.52. The van der Waals surface area contributed by atoms with E-state index in [1.54, 1.807) is 12.1 Å². The summed E-state index contributed by atoms with van der Waals surface area (Å²) in [6.45, 7) is 0.0627. The Balaban J connectivity index is 2.03. The molecule has 1 saturated heterocycles. The van der Waals surface area contributed by atoms with Crippen molar-refractivity contribution in [2.75, 3.05) is 13.2 Å². The molecule has 0 saturated carbocycles. The van der Waals surface area contributed by atoms with Gasteiger partial charge < -0.3 is 35.6 Å². The lowest BCUT2D eigenvalue weighted by molar-refractivity contribution is -0.277. The molecule has 7 nitrogen and oxygen atoms in total. The Morgan fingerprint density at radius 3 is 2.29 bits per heavy atom. The molecule has 1 aliphatic rings. The number of aliphatic hydroxyl groups excluding tert-OH is 4. The smallest absolute Gasteiger partial charge is 0.229 e. The van der Waals surface area contributed by atoms with Gasteiger partial charge in [-0.05, 0) is 30.7 Å². The average Bonchev–Trinajstić information content (AvgIpc) is 2.50. The molecule has 0 aliphatic carbocycles. The summed E-state index contributed by atoms with van der Waals surface area (Å²) < 4.78 is 10.7. The third kappa shape index (κ3) is 3.70. The maximum Gasteiger partial charge on any atom is 0.229 e. The predicted molar refractivity (Wildman–Crippen MR) is 73.6 cm³/mol. The maximum absolute atomic E-state index is 9.86. The van der Waals surface area contributed by atoms with Gasteiger partial charge in [-0.15, -0.1) is 0 Å². The van der Waals surface area contributed by atoms with Gasteiger partial charge in [-0.3, -0.25) is 0 Å². The molecule has 1 aliphatic heterocycles. The highest BCUT2D eigenvalue weighted by molar-refractivity contribution is 5.27. The minimum Gasteiger partial charge on any atom is -0.462 e. The first-order chi connectivity index (χ1) is 10.1. The number of rotatable bonds is 5. The summed E-state index contributed by atoms with van der Waals surface area (Å²) in [5.74, 6) is 0.445. The molecule has 0 aromatic heterocycles. The molecule has 7 heteroatoms. The van der Waals surface area contributed by atoms with Gasteiger partial charge in [0.25, 0.3) is 0 Å². The summed E-state index contributed by atoms with van der Waals surface area (Å²) in [4.78, 5) is 0. The van der Waals surface area contributed by atoms with Gasteiger partial charge in [0, 0.05) is 0 Å². The van der Waals surface area contributed by atoms with Crippen LogP contribution in [0.1, 0.15) is 5.56 Å². The van der Waals surface area contributed by atoms with E-state index in [-0.39, 0.29) is 0 Å². The molecular weight excluding hydrogens is 278 g/mol. The van der Waals surface area contributed by atoms with Gasteiger partial charge in [0.05, 0.1) is 6.61 Å². The van der Waals surface area contributed by atoms with E-state index in [0.29, 0.717) is 12.3 Å². The van der Waals surface area contributed by atoms with Crippen LogP contribution in [0.15, 0.2) is 24.3 Å². The molecule has 21 heavy (non-hydrogen) atoms. The minimum atomic E-state index is -1.45. The molecule has 0 bridgehead atoms. The van der Waals surface area contributed by atoms with E-state index in [1.807, 2.05) is 12.1 Å². The van der Waals surface area contributed by atoms with Gasteiger partial charge in [0.1, 0.15) is 30.2 Å². The number of nitrogens with two attached hydrogens (primary N) is 1. The van der Waals surface area contributed by atoms with E-state index in [1.165, 1.54) is 0 Å². The van der Waals surface area contributed by atoms with Crippen LogP contribution >= 0.6 is 0 Å². The standard InChI is InChI=1S/C14H21NO6/c15-6-5-8-1-3-9(4-2-8)20-14-13(19)12(18)11(17)10(7-16)21-14/h1-4,10-14,16-19H,5-7,15H2. The predicted octanol–water partition coefficient (Wildman–Crippen LogP) is -1.63. The second-order valence-electron chi connectivity index (χ2n) is 5.00. The van der Waals surface area contributed by atoms with E-state index in [4.69, 9.17) is 20.3 Å². The highest BCUT2D eigenvalue weighted by atomic mass is 16.7. The molecule has 1 heterocycles. The minimum absolute atomic E-state index is 0.445. The van der Waals surface area contributed by atoms with Crippen LogP contribution in [-0.4, -0.2) is 64.3 Å². The molecule has 5 unspecified atom stereocenters. The second-order valence-corrected chi connectivity index (χ2v) is 5.00. The van der Waals surface area contributed by atoms with E-state index >= 15 is 0 Å². The zero-order valence-corrected chi connectivity index (χ0v) is 11.5. The first-order valence-electron chi connectivity index (χ1n) is 6.83. The fourth-order valence-corrected chi connectivity index (χ4v) is 2.20. The number of hydrogen-bond acceptors (Lipinski definition) is 7. The van der Waals surface area contributed by atoms with Crippen LogP contribution in [0.5, 0.6) is 5.75 Å². The highest BCUT2D eigenvalue weighted by Crippen LogP contribution is 2.24. The summed E-state index contributed by atoms with van der Waals surface area (Å²) in [5, 5.41) is 38.3. The molecule has 0 spiro atoms. The fourth-order valence-electron chi connectivity index (χ4n) is 2.20. The topological polar surface area (TPSA) is 125 Å². The van der Waals surface area contributed by atoms with Gasteiger partial charge in [-0.1, -0.05) is 12.1 Å². The van der Waals surface area contributed by atoms with Crippen molar-refractivity contribution in [2.45, 2.75) is 37.1 Å². The van der Waals surface area contributed by atoms with Crippen LogP contribution in [0.2, 0.25) is 0 Å². The van der Waals surface area contributed by atoms with Gasteiger partial charge in [-0.25, -0.2) is 0 Å². The number of hydrogen-bond donors (Lipinski definition) is 5. The molecule has 5 atom stereocenters. The number of benzene rings is 1. The number of ether oxygens (including phenoxy) is 2. The molecule has 6 N–H and O–H groups in total. The van der Waals surface area contributed by atoms with Crippen LogP contribution < -0.4 is 10.5 Å². The first kappa shape index (κ1) is 16.2. The molecule has 1 aromatic carbocycles. The zero-order valence-electron chi connectivity index (χ0n) is 11.5. The van der Waals surface area contributed by atoms with Gasteiger partial charge in [-0.2, -0.15) is 0 Å². The monoisotopic (exact) mass is 299 g/mol. The van der Waals surface area contributed by atoms with Crippen molar-refractivity contribution in [1.29, 1.82) is 0 Å². The van der Waals surface area contributed by atoms with Gasteiger partial charge >= 0.3 is 0 Å². The number of aliphatic hydroxyl groups is 4. The van der Waals surface area contributed by atoms with E-state index in [9.17, 15) is 15.3 Å². The Morgan fingerprint density at radius 2 is 1.71 bits per heavy atom. The van der Waals surface area contributed by atoms with Gasteiger partial charge in [0.2, 0.25) is 6.29 Å². The average molecular weight is 299 g/mol. The Hall–Kier alpha value is -1.22. The molecule has 1 fully saturated rings. The SMILES string of the molecule is NCCc1ccc(OC2OC(CO)C(O)C(O)C2O)cc1. The molecule has 0 radical (unpaired) electrons. The third-order valence-electron chi connectivity index (χ3n) is 3.46. The van der Waals surface area contributed by atoms with E-state index in [2.05, 4.69) is 0 Å². The zero-order chi connectivity index (χ0) is 15.4. The van der Waals surface area contributed by atoms with Gasteiger partial charge in [0.15, 0.2) is 0 Å². The van der Waals surface area contributed by atoms with Crippen LogP contribution in [0, 0.1) is 0 Å². The summed E-state index contributed by atoms with van der Waals surface area (Å²) >= 11 is 0. The fraction of sp³-hybridized carbons (Fsp3) is 0.571. The third-order valence-corrected chi connectivity index (χ3v) is 3.46. The summed E-state index contributed by atoms with van der Waals surface area (Å²) in [6, 6.07) is 7.08. The Bertz CT molecular complexity index is 438. The van der Waals surface area contributed by atoms with Crippen LogP contribution in [-0.2, 0) is 11.2 Å². The van der Waals surface area contributed by atoms with Crippen molar-refractivity contribution in [3.8, 4) is 5.75 Å². The highest BCUT2D eigenvalue weighted by Gasteiger charge is 2.44. The van der Waals surface area contributed by atoms with E-state index in [0.717, 1.165) is 12.0 Å². The maximum atomic E-state index is 9.86. The van der Waals surface area contributed by atoms with Crippen molar-refractivity contribution in [3.63, 3.8) is 0 Å². The summed E-state index contributed by atoms with van der Waals surface area (Å²) in [7, 11) is 0. The summed E-state index contributed by atoms with van der Waals surface area (Å²) in [6.07, 6.45) is -5.65. The first-order valence-corrected chi connectivity index (χ1v) is 6.83. The van der Waals surface area contributed by atoms with Crippen molar-refractivity contribution >= 4 is 0 Å². The van der Waals surface area contributed by atoms with Crippen molar-refractivity contribution in [1.82, 2.24) is 0 Å². The largest absolute Gasteiger partial charge is 0.462 e. The molecule has 0 amide bonds. The normalized spacial score (nSPS) is 32.9. The Labute approximate surface area is 122 Å². The van der Waals surface area contributed by atoms with Crippen LogP contribution in [0.25, 0.3) is 0 Å². The lowest BCUT2D eigenvalue weighted by atomic mass is 9.99. The van der Waals surface area contributed by atoms with Crippen molar-refractivity contribution < 1.29 is 29.9 Å². The molecule has 1 aromatic rings. The van der Waals surface area contributed by atoms with E-state index < -0.39 is 37.3 Å². The van der Waals surface area contributed by atoms with Crippen molar-refractivity contribution in [2.24, 2.45) is 5.73 Å². The van der Waals surface area contributed by atoms with Crippen LogP contribution in [0.4, 0.5) is 0 Å². The van der Waals surface area contributed by atoms with Crippen molar-refractivity contribution in [3.05, 3.63) is 29.8 Å². The Morgan fingerprint density at radius 1 is 1.05 bits per heavy atom. The molecule has 2 rings (SSSR count). The quantitative estimate of drug-likeness (QED) is 0.442. The van der Waals surface area contributed by atoms with Crippen LogP contribution in [0.3, 0.4) is 0 Å². The molecular formula is C14H21NO6.